The molecule has 0 bridgehead atoms. The summed E-state index contributed by atoms with van der Waals surface area (Å²) in [5.74, 6) is -0.795. The fraction of sp³-hybridized carbons (Fsp3) is 0.429. The molecule has 2 rings (SSSR count). The summed E-state index contributed by atoms with van der Waals surface area (Å²) in [4.78, 5) is 23.9. The molecule has 20 heavy (non-hydrogen) atoms. The normalized spacial score (nSPS) is 17.9. The van der Waals surface area contributed by atoms with Crippen LogP contribution in [0.4, 0.5) is 5.69 Å². The molecule has 108 valence electrons. The fourth-order valence-corrected chi connectivity index (χ4v) is 2.44. The molecule has 1 heterocycles. The Morgan fingerprint density at radius 3 is 2.80 bits per heavy atom. The number of hydrogen-bond acceptors (Lipinski definition) is 4. The Labute approximate surface area is 122 Å². The first-order valence-corrected chi connectivity index (χ1v) is 6.71. The van der Waals surface area contributed by atoms with Crippen LogP contribution in [0.5, 0.6) is 0 Å². The van der Waals surface area contributed by atoms with Crippen molar-refractivity contribution in [1.82, 2.24) is 0 Å². The number of aryl methyl sites for hydroxylation is 1. The Hall–Kier alpha value is -1.59. The van der Waals surface area contributed by atoms with Crippen molar-refractivity contribution in [3.63, 3.8) is 0 Å². The summed E-state index contributed by atoms with van der Waals surface area (Å²) in [6.45, 7) is 2.35. The topological polar surface area (TPSA) is 64.6 Å². The van der Waals surface area contributed by atoms with Crippen LogP contribution in [0.1, 0.15) is 28.8 Å². The van der Waals surface area contributed by atoms with Crippen molar-refractivity contribution >= 4 is 29.2 Å². The second-order valence-electron chi connectivity index (χ2n) is 4.63. The zero-order chi connectivity index (χ0) is 14.7. The molecule has 1 atom stereocenters. The van der Waals surface area contributed by atoms with E-state index in [0.717, 1.165) is 6.42 Å². The molecule has 1 aliphatic heterocycles. The number of methoxy groups -OCH3 is 1. The minimum atomic E-state index is -0.543. The van der Waals surface area contributed by atoms with Crippen molar-refractivity contribution in [2.24, 2.45) is 0 Å². The molecule has 0 aliphatic carbocycles. The first kappa shape index (κ1) is 14.8. The van der Waals surface area contributed by atoms with Gasteiger partial charge in [-0.15, -0.1) is 0 Å². The number of benzene rings is 1. The van der Waals surface area contributed by atoms with Crippen molar-refractivity contribution in [3.8, 4) is 0 Å². The SMILES string of the molecule is COC(=O)c1cc(Cl)cc(C)c1NC(=O)C1CCCO1. The molecule has 1 aromatic rings. The quantitative estimate of drug-likeness (QED) is 0.871. The number of ether oxygens (including phenoxy) is 2. The third kappa shape index (κ3) is 3.11. The molecule has 1 aliphatic rings. The van der Waals surface area contributed by atoms with E-state index in [1.807, 2.05) is 0 Å². The van der Waals surface area contributed by atoms with Crippen LogP contribution < -0.4 is 5.32 Å². The van der Waals surface area contributed by atoms with E-state index in [0.29, 0.717) is 29.3 Å². The number of nitrogens with one attached hydrogen (secondary N) is 1. The van der Waals surface area contributed by atoms with E-state index in [4.69, 9.17) is 21.1 Å². The minimum absolute atomic E-state index is 0.240. The van der Waals surface area contributed by atoms with Crippen molar-refractivity contribution < 1.29 is 19.1 Å². The molecule has 1 saturated heterocycles. The predicted octanol–water partition coefficient (Wildman–Crippen LogP) is 2.55. The molecule has 1 fully saturated rings. The maximum absolute atomic E-state index is 12.1. The Bertz CT molecular complexity index is 538. The molecule has 1 N–H and O–H groups in total. The van der Waals surface area contributed by atoms with Crippen LogP contribution in [0.3, 0.4) is 0 Å². The van der Waals surface area contributed by atoms with Gasteiger partial charge in [0.2, 0.25) is 0 Å². The summed E-state index contributed by atoms with van der Waals surface area (Å²) < 4.78 is 10.0. The standard InChI is InChI=1S/C14H16ClNO4/c1-8-6-9(15)7-10(14(18)19-2)12(8)16-13(17)11-4-3-5-20-11/h6-7,11H,3-5H2,1-2H3,(H,16,17). The molecule has 1 unspecified atom stereocenters. The summed E-state index contributed by atoms with van der Waals surface area (Å²) in [6, 6.07) is 3.16. The number of halogens is 1. The lowest BCUT2D eigenvalue weighted by Gasteiger charge is -2.15. The zero-order valence-corrected chi connectivity index (χ0v) is 12.1. The van der Waals surface area contributed by atoms with Crippen molar-refractivity contribution in [3.05, 3.63) is 28.3 Å². The van der Waals surface area contributed by atoms with Gasteiger partial charge in [-0.3, -0.25) is 4.79 Å². The molecule has 0 saturated carbocycles. The van der Waals surface area contributed by atoms with Crippen molar-refractivity contribution in [2.45, 2.75) is 25.9 Å². The smallest absolute Gasteiger partial charge is 0.340 e. The maximum atomic E-state index is 12.1. The first-order chi connectivity index (χ1) is 9.52. The third-order valence-corrected chi connectivity index (χ3v) is 3.39. The van der Waals surface area contributed by atoms with Gasteiger partial charge in [0.05, 0.1) is 18.4 Å². The number of esters is 1. The number of carbonyl (C=O) groups is 2. The highest BCUT2D eigenvalue weighted by Gasteiger charge is 2.26. The van der Waals surface area contributed by atoms with Gasteiger partial charge in [-0.1, -0.05) is 11.6 Å². The molecule has 1 amide bonds. The number of anilines is 1. The second-order valence-corrected chi connectivity index (χ2v) is 5.06. The van der Waals surface area contributed by atoms with E-state index >= 15 is 0 Å². The average Bonchev–Trinajstić information content (AvgIpc) is 2.94. The molecular weight excluding hydrogens is 282 g/mol. The third-order valence-electron chi connectivity index (χ3n) is 3.18. The van der Waals surface area contributed by atoms with Crippen molar-refractivity contribution in [1.29, 1.82) is 0 Å². The lowest BCUT2D eigenvalue weighted by Crippen LogP contribution is -2.28. The molecule has 0 radical (unpaired) electrons. The average molecular weight is 298 g/mol. The van der Waals surface area contributed by atoms with Gasteiger partial charge >= 0.3 is 5.97 Å². The molecule has 0 spiro atoms. The monoisotopic (exact) mass is 297 g/mol. The maximum Gasteiger partial charge on any atom is 0.340 e. The van der Waals surface area contributed by atoms with E-state index in [9.17, 15) is 9.59 Å². The van der Waals surface area contributed by atoms with Crippen LogP contribution in [0, 0.1) is 6.92 Å². The highest BCUT2D eigenvalue weighted by atomic mass is 35.5. The van der Waals surface area contributed by atoms with Gasteiger partial charge in [-0.2, -0.15) is 0 Å². The number of amides is 1. The molecular formula is C14H16ClNO4. The Morgan fingerprint density at radius 2 is 2.20 bits per heavy atom. The van der Waals surface area contributed by atoms with E-state index in [2.05, 4.69) is 5.32 Å². The summed E-state index contributed by atoms with van der Waals surface area (Å²) >= 11 is 5.94. The number of hydrogen-bond donors (Lipinski definition) is 1. The van der Waals surface area contributed by atoms with Gasteiger partial charge in [-0.25, -0.2) is 4.79 Å². The van der Waals surface area contributed by atoms with Gasteiger partial charge in [-0.05, 0) is 37.5 Å². The van der Waals surface area contributed by atoms with E-state index in [1.54, 1.807) is 13.0 Å². The molecule has 5 nitrogen and oxygen atoms in total. The second kappa shape index (κ2) is 6.24. The van der Waals surface area contributed by atoms with Gasteiger partial charge in [0, 0.05) is 11.6 Å². The molecule has 6 heteroatoms. The van der Waals surface area contributed by atoms with Crippen LogP contribution in [0.15, 0.2) is 12.1 Å². The Morgan fingerprint density at radius 1 is 1.45 bits per heavy atom. The largest absolute Gasteiger partial charge is 0.465 e. The van der Waals surface area contributed by atoms with Crippen molar-refractivity contribution in [2.75, 3.05) is 19.0 Å². The minimum Gasteiger partial charge on any atom is -0.465 e. The van der Waals surface area contributed by atoms with Crippen LogP contribution in [0.25, 0.3) is 0 Å². The Balaban J connectivity index is 2.29. The van der Waals surface area contributed by atoms with Gasteiger partial charge < -0.3 is 14.8 Å². The fourth-order valence-electron chi connectivity index (χ4n) is 2.17. The summed E-state index contributed by atoms with van der Waals surface area (Å²) in [7, 11) is 1.28. The lowest BCUT2D eigenvalue weighted by atomic mass is 10.1. The van der Waals surface area contributed by atoms with Gasteiger partial charge in [0.1, 0.15) is 6.10 Å². The highest BCUT2D eigenvalue weighted by Crippen LogP contribution is 2.27. The summed E-state index contributed by atoms with van der Waals surface area (Å²) in [5, 5.41) is 3.15. The highest BCUT2D eigenvalue weighted by molar-refractivity contribution is 6.31. The van der Waals surface area contributed by atoms with E-state index in [-0.39, 0.29) is 11.5 Å². The van der Waals surface area contributed by atoms with Crippen LogP contribution in [0.2, 0.25) is 5.02 Å². The van der Waals surface area contributed by atoms with Crippen LogP contribution in [-0.2, 0) is 14.3 Å². The summed E-state index contributed by atoms with van der Waals surface area (Å²) in [5.41, 5.74) is 1.36. The van der Waals surface area contributed by atoms with Crippen LogP contribution in [-0.4, -0.2) is 31.7 Å². The van der Waals surface area contributed by atoms with E-state index < -0.39 is 12.1 Å². The van der Waals surface area contributed by atoms with Crippen LogP contribution >= 0.6 is 11.6 Å². The number of carbonyl (C=O) groups excluding carboxylic acids is 2. The zero-order valence-electron chi connectivity index (χ0n) is 11.4. The molecule has 1 aromatic carbocycles. The van der Waals surface area contributed by atoms with Gasteiger partial charge in [0.15, 0.2) is 0 Å². The first-order valence-electron chi connectivity index (χ1n) is 6.34. The number of rotatable bonds is 3. The lowest BCUT2D eigenvalue weighted by molar-refractivity contribution is -0.124. The van der Waals surface area contributed by atoms with E-state index in [1.165, 1.54) is 13.2 Å². The molecule has 0 aromatic heterocycles. The predicted molar refractivity (Wildman–Crippen MR) is 75.1 cm³/mol. The Kier molecular flexibility index (Phi) is 4.62. The summed E-state index contributed by atoms with van der Waals surface area (Å²) in [6.07, 6.45) is 1.09. The van der Waals surface area contributed by atoms with Gasteiger partial charge in [0.25, 0.3) is 5.91 Å².